The van der Waals surface area contributed by atoms with Crippen LogP contribution in [0.15, 0.2) is 17.0 Å². The Balaban J connectivity index is 0.00000312. The maximum absolute atomic E-state index is 12.5. The van der Waals surface area contributed by atoms with Crippen LogP contribution in [0.1, 0.15) is 36.0 Å². The van der Waals surface area contributed by atoms with E-state index in [2.05, 4.69) is 15.4 Å². The predicted molar refractivity (Wildman–Crippen MR) is 102 cm³/mol. The highest BCUT2D eigenvalue weighted by molar-refractivity contribution is 7.89. The summed E-state index contributed by atoms with van der Waals surface area (Å²) in [5.74, 6) is -0.135. The molecule has 1 unspecified atom stereocenters. The number of amides is 1. The molecule has 0 spiro atoms. The zero-order chi connectivity index (χ0) is 17.7. The third-order valence-corrected chi connectivity index (χ3v) is 5.99. The lowest BCUT2D eigenvalue weighted by atomic mass is 10.1. The second-order valence-corrected chi connectivity index (χ2v) is 8.18. The molecule has 1 aromatic carbocycles. The lowest BCUT2D eigenvalue weighted by Gasteiger charge is -2.14. The average molecular weight is 390 g/mol. The van der Waals surface area contributed by atoms with Crippen molar-refractivity contribution in [3.05, 3.63) is 28.8 Å². The molecule has 1 atom stereocenters. The topological polar surface area (TPSA) is 87.3 Å². The molecule has 1 fully saturated rings. The number of benzene rings is 1. The Hall–Kier alpha value is -1.15. The molecule has 8 heteroatoms. The van der Waals surface area contributed by atoms with E-state index >= 15 is 0 Å². The van der Waals surface area contributed by atoms with Gasteiger partial charge in [0.1, 0.15) is 0 Å². The molecule has 25 heavy (non-hydrogen) atoms. The van der Waals surface area contributed by atoms with Crippen molar-refractivity contribution in [2.24, 2.45) is 0 Å². The van der Waals surface area contributed by atoms with Crippen LogP contribution in [0.25, 0.3) is 0 Å². The van der Waals surface area contributed by atoms with Crippen LogP contribution >= 0.6 is 12.4 Å². The Morgan fingerprint density at radius 2 is 1.88 bits per heavy atom. The summed E-state index contributed by atoms with van der Waals surface area (Å²) in [5, 5.41) is 6.15. The van der Waals surface area contributed by atoms with Gasteiger partial charge in [0.05, 0.1) is 4.90 Å². The lowest BCUT2D eigenvalue weighted by Crippen LogP contribution is -2.38. The molecule has 0 aliphatic carbocycles. The molecule has 142 valence electrons. The maximum Gasteiger partial charge on any atom is 0.241 e. The molecule has 1 saturated heterocycles. The van der Waals surface area contributed by atoms with Crippen LogP contribution in [0.4, 0.5) is 0 Å². The lowest BCUT2D eigenvalue weighted by molar-refractivity contribution is -0.121. The van der Waals surface area contributed by atoms with Crippen molar-refractivity contribution in [1.29, 1.82) is 0 Å². The van der Waals surface area contributed by atoms with E-state index in [1.54, 1.807) is 13.8 Å². The molecule has 1 amide bonds. The summed E-state index contributed by atoms with van der Waals surface area (Å²) >= 11 is 0. The Kier molecular flexibility index (Phi) is 8.34. The molecule has 0 radical (unpaired) electrons. The minimum atomic E-state index is -3.61. The zero-order valence-electron chi connectivity index (χ0n) is 15.0. The van der Waals surface area contributed by atoms with Crippen LogP contribution in [-0.2, 0) is 14.8 Å². The minimum Gasteiger partial charge on any atom is -0.354 e. The van der Waals surface area contributed by atoms with Crippen molar-refractivity contribution < 1.29 is 13.2 Å². The second-order valence-electron chi connectivity index (χ2n) is 6.47. The van der Waals surface area contributed by atoms with Gasteiger partial charge in [0.15, 0.2) is 0 Å². The highest BCUT2D eigenvalue weighted by atomic mass is 35.5. The highest BCUT2D eigenvalue weighted by Gasteiger charge is 2.20. The zero-order valence-corrected chi connectivity index (χ0v) is 16.6. The van der Waals surface area contributed by atoms with Gasteiger partial charge in [-0.05, 0) is 51.3 Å². The summed E-state index contributed by atoms with van der Waals surface area (Å²) in [6.07, 6.45) is 2.34. The molecule has 1 aliphatic heterocycles. The number of aryl methyl sites for hydroxylation is 3. The number of hydrogen-bond acceptors (Lipinski definition) is 4. The van der Waals surface area contributed by atoms with Gasteiger partial charge in [-0.25, -0.2) is 13.1 Å². The maximum atomic E-state index is 12.5. The molecular formula is C17H28ClN3O3S. The largest absolute Gasteiger partial charge is 0.354 e. The average Bonchev–Trinajstić information content (AvgIpc) is 2.96. The molecule has 0 aromatic heterocycles. The quantitative estimate of drug-likeness (QED) is 0.660. The molecule has 1 heterocycles. The summed E-state index contributed by atoms with van der Waals surface area (Å²) in [4.78, 5) is 12.1. The Morgan fingerprint density at radius 3 is 2.44 bits per heavy atom. The Morgan fingerprint density at radius 1 is 1.24 bits per heavy atom. The van der Waals surface area contributed by atoms with Crippen LogP contribution < -0.4 is 15.4 Å². The number of hydrogen-bond donors (Lipinski definition) is 3. The fourth-order valence-electron chi connectivity index (χ4n) is 3.22. The van der Waals surface area contributed by atoms with Crippen molar-refractivity contribution in [3.8, 4) is 0 Å². The SMILES string of the molecule is Cc1cc(C)c(S(=O)(=O)NCCC(=O)NCC2CCCN2)c(C)c1.Cl. The van der Waals surface area contributed by atoms with Crippen molar-refractivity contribution >= 4 is 28.3 Å². The smallest absolute Gasteiger partial charge is 0.241 e. The van der Waals surface area contributed by atoms with E-state index < -0.39 is 10.0 Å². The normalized spacial score (nSPS) is 17.2. The van der Waals surface area contributed by atoms with Gasteiger partial charge in [-0.2, -0.15) is 0 Å². The number of carbonyl (C=O) groups is 1. The van der Waals surface area contributed by atoms with Crippen molar-refractivity contribution in [2.45, 2.75) is 51.0 Å². The number of carbonyl (C=O) groups excluding carboxylic acids is 1. The van der Waals surface area contributed by atoms with Crippen molar-refractivity contribution in [2.75, 3.05) is 19.6 Å². The van der Waals surface area contributed by atoms with E-state index in [0.717, 1.165) is 36.1 Å². The highest BCUT2D eigenvalue weighted by Crippen LogP contribution is 2.21. The van der Waals surface area contributed by atoms with E-state index in [1.807, 2.05) is 19.1 Å². The summed E-state index contributed by atoms with van der Waals surface area (Å²) in [5.41, 5.74) is 2.47. The van der Waals surface area contributed by atoms with Crippen LogP contribution in [0.3, 0.4) is 0 Å². The molecular weight excluding hydrogens is 362 g/mol. The van der Waals surface area contributed by atoms with Crippen molar-refractivity contribution in [3.63, 3.8) is 0 Å². The van der Waals surface area contributed by atoms with E-state index in [9.17, 15) is 13.2 Å². The molecule has 3 N–H and O–H groups in total. The van der Waals surface area contributed by atoms with Crippen LogP contribution in [-0.4, -0.2) is 40.0 Å². The van der Waals surface area contributed by atoms with E-state index in [4.69, 9.17) is 0 Å². The third-order valence-electron chi connectivity index (χ3n) is 4.23. The van der Waals surface area contributed by atoms with Gasteiger partial charge in [-0.15, -0.1) is 12.4 Å². The van der Waals surface area contributed by atoms with Gasteiger partial charge in [0.25, 0.3) is 0 Å². The summed E-state index contributed by atoms with van der Waals surface area (Å²) < 4.78 is 27.5. The molecule has 0 bridgehead atoms. The van der Waals surface area contributed by atoms with Gasteiger partial charge in [0, 0.05) is 25.6 Å². The molecule has 0 saturated carbocycles. The predicted octanol–water partition coefficient (Wildman–Crippen LogP) is 1.57. The molecule has 2 rings (SSSR count). The fraction of sp³-hybridized carbons (Fsp3) is 0.588. The first-order chi connectivity index (χ1) is 11.3. The number of halogens is 1. The van der Waals surface area contributed by atoms with Crippen molar-refractivity contribution in [1.82, 2.24) is 15.4 Å². The first-order valence-corrected chi connectivity index (χ1v) is 9.85. The van der Waals surface area contributed by atoms with Gasteiger partial charge in [-0.1, -0.05) is 17.7 Å². The van der Waals surface area contributed by atoms with Crippen LogP contribution in [0.5, 0.6) is 0 Å². The first-order valence-electron chi connectivity index (χ1n) is 8.37. The summed E-state index contributed by atoms with van der Waals surface area (Å²) in [7, 11) is -3.61. The summed E-state index contributed by atoms with van der Waals surface area (Å²) in [6, 6.07) is 4.04. The monoisotopic (exact) mass is 389 g/mol. The fourth-order valence-corrected chi connectivity index (χ4v) is 4.70. The second kappa shape index (κ2) is 9.52. The Labute approximate surface area is 156 Å². The van der Waals surface area contributed by atoms with Crippen LogP contribution in [0, 0.1) is 20.8 Å². The number of sulfonamides is 1. The molecule has 1 aliphatic rings. The van der Waals surface area contributed by atoms with Gasteiger partial charge < -0.3 is 10.6 Å². The molecule has 6 nitrogen and oxygen atoms in total. The summed E-state index contributed by atoms with van der Waals surface area (Å²) in [6.45, 7) is 7.20. The van der Waals surface area contributed by atoms with E-state index in [-0.39, 0.29) is 31.3 Å². The van der Waals surface area contributed by atoms with Gasteiger partial charge in [-0.3, -0.25) is 4.79 Å². The Bertz CT molecular complexity index is 678. The van der Waals surface area contributed by atoms with Crippen LogP contribution in [0.2, 0.25) is 0 Å². The third kappa shape index (κ3) is 6.26. The van der Waals surface area contributed by atoms with Gasteiger partial charge in [0.2, 0.25) is 15.9 Å². The standard InChI is InChI=1S/C17H27N3O3S.ClH/c1-12-9-13(2)17(14(3)10-12)24(22,23)20-8-6-16(21)19-11-15-5-4-7-18-15;/h9-10,15,18,20H,4-8,11H2,1-3H3,(H,19,21);1H. The van der Waals surface area contributed by atoms with Gasteiger partial charge >= 0.3 is 0 Å². The first kappa shape index (κ1) is 21.9. The van der Waals surface area contributed by atoms with E-state index in [0.29, 0.717) is 17.5 Å². The molecule has 1 aromatic rings. The number of rotatable bonds is 7. The van der Waals surface area contributed by atoms with E-state index in [1.165, 1.54) is 0 Å². The minimum absolute atomic E-state index is 0. The number of nitrogens with one attached hydrogen (secondary N) is 3.